The van der Waals surface area contributed by atoms with Crippen molar-refractivity contribution in [1.29, 1.82) is 0 Å². The number of rotatable bonds is 4. The summed E-state index contributed by atoms with van der Waals surface area (Å²) in [5.74, 6) is -2.02. The quantitative estimate of drug-likeness (QED) is 0.690. The number of fused-ring (bicyclic) bond motifs is 1. The van der Waals surface area contributed by atoms with Crippen LogP contribution >= 0.6 is 0 Å². The molecule has 1 aliphatic rings. The van der Waals surface area contributed by atoms with E-state index in [-0.39, 0.29) is 23.8 Å². The Hall–Kier alpha value is -4.08. The Morgan fingerprint density at radius 3 is 2.84 bits per heavy atom. The van der Waals surface area contributed by atoms with E-state index in [4.69, 9.17) is 9.47 Å². The lowest BCUT2D eigenvalue weighted by Crippen LogP contribution is -2.49. The normalized spacial score (nSPS) is 15.5. The first kappa shape index (κ1) is 20.2. The molecule has 2 aromatic heterocycles. The van der Waals surface area contributed by atoms with Gasteiger partial charge in [0.2, 0.25) is 0 Å². The third-order valence-corrected chi connectivity index (χ3v) is 4.49. The van der Waals surface area contributed by atoms with E-state index < -0.39 is 29.5 Å². The van der Waals surface area contributed by atoms with E-state index in [0.717, 1.165) is 12.1 Å². The van der Waals surface area contributed by atoms with Crippen molar-refractivity contribution in [2.45, 2.75) is 6.04 Å². The summed E-state index contributed by atoms with van der Waals surface area (Å²) in [5, 5.41) is 2.58. The van der Waals surface area contributed by atoms with Gasteiger partial charge in [-0.15, -0.1) is 0 Å². The summed E-state index contributed by atoms with van der Waals surface area (Å²) in [7, 11) is 1.53. The Morgan fingerprint density at radius 1 is 1.19 bits per heavy atom. The largest absolute Gasteiger partial charge is 0.487 e. The zero-order chi connectivity index (χ0) is 22.0. The molecular weight excluding hydrogens is 410 g/mol. The van der Waals surface area contributed by atoms with Gasteiger partial charge in [0.05, 0.1) is 0 Å². The van der Waals surface area contributed by atoms with Crippen LogP contribution in [0.3, 0.4) is 0 Å². The smallest absolute Gasteiger partial charge is 0.270 e. The number of nitrogens with one attached hydrogen (secondary N) is 1. The molecule has 0 saturated carbocycles. The molecule has 1 atom stereocenters. The van der Waals surface area contributed by atoms with E-state index >= 15 is 0 Å². The molecule has 10 heteroatoms. The topological polar surface area (TPSA) is 93.7 Å². The zero-order valence-electron chi connectivity index (χ0n) is 16.2. The fraction of sp³-hybridized carbons (Fsp3) is 0.143. The van der Waals surface area contributed by atoms with Crippen molar-refractivity contribution < 1.29 is 27.8 Å². The number of halogens is 2. The maximum atomic E-state index is 13.8. The Labute approximate surface area is 175 Å². The van der Waals surface area contributed by atoms with E-state index in [1.54, 1.807) is 12.1 Å². The first-order valence-corrected chi connectivity index (χ1v) is 9.17. The number of ether oxygens (including phenoxy) is 2. The van der Waals surface area contributed by atoms with Gasteiger partial charge in [-0.25, -0.2) is 13.8 Å². The number of aromatic nitrogens is 2. The van der Waals surface area contributed by atoms with Gasteiger partial charge in [-0.1, -0.05) is 0 Å². The second kappa shape index (κ2) is 8.34. The van der Waals surface area contributed by atoms with Gasteiger partial charge in [0, 0.05) is 31.6 Å². The molecule has 0 bridgehead atoms. The van der Waals surface area contributed by atoms with Crippen molar-refractivity contribution in [2.75, 3.05) is 18.6 Å². The summed E-state index contributed by atoms with van der Waals surface area (Å²) in [5.41, 5.74) is -0.0599. The second-order valence-corrected chi connectivity index (χ2v) is 6.61. The van der Waals surface area contributed by atoms with Crippen LogP contribution in [0.2, 0.25) is 0 Å². The Balaban J connectivity index is 1.49. The van der Waals surface area contributed by atoms with Crippen molar-refractivity contribution in [3.8, 4) is 17.2 Å². The number of likely N-dealkylation sites (N-methyl/N-ethyl adjacent to an activating group) is 1. The van der Waals surface area contributed by atoms with Crippen molar-refractivity contribution >= 4 is 17.6 Å². The molecule has 0 aliphatic carbocycles. The van der Waals surface area contributed by atoms with Crippen LogP contribution in [0, 0.1) is 11.6 Å². The zero-order valence-corrected chi connectivity index (χ0v) is 16.2. The van der Waals surface area contributed by atoms with Gasteiger partial charge in [0.15, 0.2) is 23.1 Å². The molecule has 1 N–H and O–H groups in total. The number of nitrogens with zero attached hydrogens (tertiary/aromatic N) is 3. The summed E-state index contributed by atoms with van der Waals surface area (Å²) < 4.78 is 37.8. The van der Waals surface area contributed by atoms with Crippen molar-refractivity contribution in [3.05, 3.63) is 72.2 Å². The SMILES string of the molecule is CN1C(=O)[C@H](NC(=O)c2cc(Oc3ccc(F)cc3F)ccn2)COc2cccnc21. The first-order valence-electron chi connectivity index (χ1n) is 9.17. The van der Waals surface area contributed by atoms with Gasteiger partial charge in [0.1, 0.15) is 29.9 Å². The van der Waals surface area contributed by atoms with Gasteiger partial charge < -0.3 is 14.8 Å². The molecule has 8 nitrogen and oxygen atoms in total. The van der Waals surface area contributed by atoms with Gasteiger partial charge >= 0.3 is 0 Å². The minimum Gasteiger partial charge on any atom is -0.487 e. The molecule has 158 valence electrons. The Morgan fingerprint density at radius 2 is 2.03 bits per heavy atom. The highest BCUT2D eigenvalue weighted by atomic mass is 19.1. The maximum Gasteiger partial charge on any atom is 0.270 e. The number of carbonyl (C=O) groups excluding carboxylic acids is 2. The van der Waals surface area contributed by atoms with Crippen LogP contribution < -0.4 is 19.7 Å². The van der Waals surface area contributed by atoms with Crippen LogP contribution in [0.25, 0.3) is 0 Å². The van der Waals surface area contributed by atoms with E-state index in [9.17, 15) is 18.4 Å². The fourth-order valence-electron chi connectivity index (χ4n) is 2.95. The van der Waals surface area contributed by atoms with Gasteiger partial charge in [0.25, 0.3) is 11.8 Å². The van der Waals surface area contributed by atoms with Gasteiger partial charge in [-0.2, -0.15) is 0 Å². The summed E-state index contributed by atoms with van der Waals surface area (Å²) in [6, 6.07) is 7.93. The lowest BCUT2D eigenvalue weighted by atomic mass is 10.2. The molecule has 2 amide bonds. The van der Waals surface area contributed by atoms with E-state index in [2.05, 4.69) is 15.3 Å². The molecule has 0 fully saturated rings. The van der Waals surface area contributed by atoms with Crippen LogP contribution in [0.4, 0.5) is 14.6 Å². The van der Waals surface area contributed by atoms with Crippen LogP contribution in [-0.4, -0.2) is 41.5 Å². The van der Waals surface area contributed by atoms with Gasteiger partial charge in [-0.3, -0.25) is 19.5 Å². The molecule has 0 saturated heterocycles. The van der Waals surface area contributed by atoms with Crippen molar-refractivity contribution in [2.24, 2.45) is 0 Å². The molecule has 0 unspecified atom stereocenters. The van der Waals surface area contributed by atoms with Crippen LogP contribution in [0.15, 0.2) is 54.9 Å². The fourth-order valence-corrected chi connectivity index (χ4v) is 2.95. The predicted molar refractivity (Wildman–Crippen MR) is 105 cm³/mol. The molecule has 1 aliphatic heterocycles. The lowest BCUT2D eigenvalue weighted by Gasteiger charge is -2.19. The van der Waals surface area contributed by atoms with Crippen LogP contribution in [0.1, 0.15) is 10.5 Å². The molecule has 31 heavy (non-hydrogen) atoms. The third-order valence-electron chi connectivity index (χ3n) is 4.49. The number of amides is 2. The average molecular weight is 426 g/mol. The average Bonchev–Trinajstić information content (AvgIpc) is 2.88. The van der Waals surface area contributed by atoms with Crippen LogP contribution in [0.5, 0.6) is 17.2 Å². The molecule has 0 radical (unpaired) electrons. The summed E-state index contributed by atoms with van der Waals surface area (Å²) in [4.78, 5) is 34.8. The summed E-state index contributed by atoms with van der Waals surface area (Å²) in [6.07, 6.45) is 2.83. The third kappa shape index (κ3) is 4.27. The number of anilines is 1. The Bertz CT molecular complexity index is 1160. The minimum atomic E-state index is -0.979. The number of hydrogen-bond donors (Lipinski definition) is 1. The number of benzene rings is 1. The predicted octanol–water partition coefficient (Wildman–Crippen LogP) is 2.70. The molecule has 3 aromatic rings. The van der Waals surface area contributed by atoms with Crippen molar-refractivity contribution in [3.63, 3.8) is 0 Å². The van der Waals surface area contributed by atoms with Crippen LogP contribution in [-0.2, 0) is 4.79 Å². The number of hydrogen-bond acceptors (Lipinski definition) is 6. The highest BCUT2D eigenvalue weighted by Gasteiger charge is 2.31. The monoisotopic (exact) mass is 426 g/mol. The molecular formula is C21H16F2N4O4. The lowest BCUT2D eigenvalue weighted by molar-refractivity contribution is -0.120. The molecule has 3 heterocycles. The molecule has 1 aromatic carbocycles. The highest BCUT2D eigenvalue weighted by molar-refractivity contribution is 6.02. The van der Waals surface area contributed by atoms with E-state index in [1.165, 1.54) is 36.5 Å². The number of carbonyl (C=O) groups is 2. The van der Waals surface area contributed by atoms with E-state index in [1.807, 2.05) is 0 Å². The van der Waals surface area contributed by atoms with Gasteiger partial charge in [-0.05, 0) is 30.3 Å². The number of pyridine rings is 2. The maximum absolute atomic E-state index is 13.8. The highest BCUT2D eigenvalue weighted by Crippen LogP contribution is 2.28. The second-order valence-electron chi connectivity index (χ2n) is 6.61. The Kier molecular flexibility index (Phi) is 5.44. The molecule has 0 spiro atoms. The first-order chi connectivity index (χ1) is 14.9. The minimum absolute atomic E-state index is 0.0599. The summed E-state index contributed by atoms with van der Waals surface area (Å²) >= 11 is 0. The standard InChI is InChI=1S/C21H16F2N4O4/c1-27-19-18(3-2-7-25-19)30-11-16(21(27)29)26-20(28)15-10-13(6-8-24-15)31-17-5-4-12(22)9-14(17)23/h2-10,16H,11H2,1H3,(H,26,28)/t16-/m1/s1. The van der Waals surface area contributed by atoms with Crippen molar-refractivity contribution in [1.82, 2.24) is 15.3 Å². The van der Waals surface area contributed by atoms with E-state index in [0.29, 0.717) is 17.6 Å². The summed E-state index contributed by atoms with van der Waals surface area (Å²) in [6.45, 7) is -0.0927. The molecule has 4 rings (SSSR count).